The first-order valence-corrected chi connectivity index (χ1v) is 5.29. The van der Waals surface area contributed by atoms with E-state index in [1.165, 1.54) is 13.0 Å². The largest absolute Gasteiger partial charge is 0.454 e. The summed E-state index contributed by atoms with van der Waals surface area (Å²) < 4.78 is 11.2. The van der Waals surface area contributed by atoms with Crippen LogP contribution in [0, 0.1) is 10.1 Å². The predicted octanol–water partition coefficient (Wildman–Crippen LogP) is 2.82. The third-order valence-electron chi connectivity index (χ3n) is 2.11. The summed E-state index contributed by atoms with van der Waals surface area (Å²) in [5.74, 6) is 1.23. The second kappa shape index (κ2) is 4.13. The van der Waals surface area contributed by atoms with Crippen molar-refractivity contribution in [1.82, 2.24) is 0 Å². The number of fused-ring (bicyclic) bond motifs is 1. The van der Waals surface area contributed by atoms with Crippen LogP contribution < -0.4 is 9.47 Å². The van der Waals surface area contributed by atoms with Gasteiger partial charge in [-0.05, 0) is 33.6 Å². The molecule has 0 atom stereocenters. The van der Waals surface area contributed by atoms with Crippen LogP contribution in [0.1, 0.15) is 12.5 Å². The van der Waals surface area contributed by atoms with Crippen LogP contribution in [0.5, 0.6) is 11.5 Å². The number of hydrogen-bond acceptors (Lipinski definition) is 4. The van der Waals surface area contributed by atoms with Crippen molar-refractivity contribution < 1.29 is 14.4 Å². The van der Waals surface area contributed by atoms with Crippen LogP contribution in [0.2, 0.25) is 0 Å². The number of halogens is 1. The Kier molecular flexibility index (Phi) is 2.82. The Morgan fingerprint density at radius 1 is 1.56 bits per heavy atom. The summed E-state index contributed by atoms with van der Waals surface area (Å²) in [4.78, 5) is 10.1. The van der Waals surface area contributed by atoms with E-state index in [1.807, 2.05) is 0 Å². The van der Waals surface area contributed by atoms with Gasteiger partial charge in [0.05, 0.1) is 9.40 Å². The first kappa shape index (κ1) is 10.9. The van der Waals surface area contributed by atoms with Gasteiger partial charge in [-0.1, -0.05) is 0 Å². The van der Waals surface area contributed by atoms with Crippen LogP contribution >= 0.6 is 15.9 Å². The minimum Gasteiger partial charge on any atom is -0.454 e. The van der Waals surface area contributed by atoms with E-state index in [9.17, 15) is 10.1 Å². The molecule has 0 aliphatic carbocycles. The topological polar surface area (TPSA) is 61.6 Å². The molecule has 1 aromatic carbocycles. The fourth-order valence-electron chi connectivity index (χ4n) is 1.36. The second-order valence-corrected chi connectivity index (χ2v) is 4.13. The fraction of sp³-hybridized carbons (Fsp3) is 0.200. The Hall–Kier alpha value is -1.56. The molecule has 0 amide bonds. The molecule has 1 aliphatic heterocycles. The Morgan fingerprint density at radius 2 is 2.31 bits per heavy atom. The molecule has 1 aliphatic rings. The van der Waals surface area contributed by atoms with Gasteiger partial charge >= 0.3 is 0 Å². The Labute approximate surface area is 99.9 Å². The van der Waals surface area contributed by atoms with Gasteiger partial charge in [0, 0.05) is 13.0 Å². The summed E-state index contributed by atoms with van der Waals surface area (Å²) in [5.41, 5.74) is 0.774. The standard InChI is InChI=1S/C10H8BrNO4/c1-6(12(13)14)2-7-3-8(11)10-9(4-7)15-5-16-10/h2-4H,5H2,1H3/b6-2-. The number of allylic oxidation sites excluding steroid dienone is 1. The Balaban J connectivity index is 2.41. The first-order chi connectivity index (χ1) is 7.58. The first-order valence-electron chi connectivity index (χ1n) is 4.50. The van der Waals surface area contributed by atoms with E-state index in [-0.39, 0.29) is 12.5 Å². The van der Waals surface area contributed by atoms with Gasteiger partial charge in [-0.15, -0.1) is 0 Å². The van der Waals surface area contributed by atoms with Crippen LogP contribution in [-0.2, 0) is 0 Å². The number of rotatable bonds is 2. The smallest absolute Gasteiger partial charge is 0.243 e. The van der Waals surface area contributed by atoms with Crippen molar-refractivity contribution in [2.24, 2.45) is 0 Å². The molecule has 0 bridgehead atoms. The van der Waals surface area contributed by atoms with E-state index >= 15 is 0 Å². The number of hydrogen-bond donors (Lipinski definition) is 0. The second-order valence-electron chi connectivity index (χ2n) is 3.28. The average Bonchev–Trinajstić information content (AvgIpc) is 2.65. The normalized spacial score (nSPS) is 14.0. The molecule has 0 aromatic heterocycles. The molecule has 0 radical (unpaired) electrons. The van der Waals surface area contributed by atoms with Crippen molar-refractivity contribution in [3.05, 3.63) is 38.0 Å². The zero-order chi connectivity index (χ0) is 11.7. The molecular weight excluding hydrogens is 278 g/mol. The number of nitro groups is 1. The lowest BCUT2D eigenvalue weighted by molar-refractivity contribution is -0.422. The van der Waals surface area contributed by atoms with Crippen LogP contribution in [-0.4, -0.2) is 11.7 Å². The van der Waals surface area contributed by atoms with E-state index in [1.54, 1.807) is 12.1 Å². The molecule has 0 spiro atoms. The van der Waals surface area contributed by atoms with Gasteiger partial charge in [0.15, 0.2) is 11.5 Å². The van der Waals surface area contributed by atoms with Crippen molar-refractivity contribution >= 4 is 22.0 Å². The minimum atomic E-state index is -0.432. The zero-order valence-corrected chi connectivity index (χ0v) is 9.98. The summed E-state index contributed by atoms with van der Waals surface area (Å²) in [6.07, 6.45) is 1.48. The highest BCUT2D eigenvalue weighted by atomic mass is 79.9. The molecule has 1 heterocycles. The van der Waals surface area contributed by atoms with E-state index < -0.39 is 4.92 Å². The summed E-state index contributed by atoms with van der Waals surface area (Å²) >= 11 is 3.32. The summed E-state index contributed by atoms with van der Waals surface area (Å²) in [7, 11) is 0. The van der Waals surface area contributed by atoms with Crippen molar-refractivity contribution in [1.29, 1.82) is 0 Å². The fourth-order valence-corrected chi connectivity index (χ4v) is 1.94. The quantitative estimate of drug-likeness (QED) is 0.619. The maximum absolute atomic E-state index is 10.5. The van der Waals surface area contributed by atoms with Gasteiger partial charge < -0.3 is 9.47 Å². The lowest BCUT2D eigenvalue weighted by Crippen LogP contribution is -1.93. The molecule has 84 valence electrons. The molecule has 5 nitrogen and oxygen atoms in total. The average molecular weight is 286 g/mol. The van der Waals surface area contributed by atoms with Crippen LogP contribution in [0.15, 0.2) is 22.3 Å². The van der Waals surface area contributed by atoms with Gasteiger partial charge in [-0.3, -0.25) is 10.1 Å². The molecule has 0 fully saturated rings. The van der Waals surface area contributed by atoms with Gasteiger partial charge in [0.25, 0.3) is 0 Å². The van der Waals surface area contributed by atoms with Crippen LogP contribution in [0.25, 0.3) is 6.08 Å². The minimum absolute atomic E-state index is 0.0748. The maximum Gasteiger partial charge on any atom is 0.243 e. The zero-order valence-electron chi connectivity index (χ0n) is 8.40. The molecule has 1 aromatic rings. The lowest BCUT2D eigenvalue weighted by Gasteiger charge is -2.01. The Bertz CT molecular complexity index is 484. The van der Waals surface area contributed by atoms with Crippen LogP contribution in [0.3, 0.4) is 0 Å². The molecule has 6 heteroatoms. The molecule has 0 saturated carbocycles. The monoisotopic (exact) mass is 285 g/mol. The molecular formula is C10H8BrNO4. The molecule has 16 heavy (non-hydrogen) atoms. The van der Waals surface area contributed by atoms with Gasteiger partial charge in [-0.2, -0.15) is 0 Å². The molecule has 0 N–H and O–H groups in total. The van der Waals surface area contributed by atoms with E-state index in [2.05, 4.69) is 15.9 Å². The molecule has 2 rings (SSSR count). The lowest BCUT2D eigenvalue weighted by atomic mass is 10.2. The number of nitrogens with zero attached hydrogens (tertiary/aromatic N) is 1. The van der Waals surface area contributed by atoms with Crippen molar-refractivity contribution in [2.75, 3.05) is 6.79 Å². The molecule has 0 saturated heterocycles. The Morgan fingerprint density at radius 3 is 3.00 bits per heavy atom. The number of ether oxygens (including phenoxy) is 2. The SMILES string of the molecule is C/C(=C/c1cc(Br)c2c(c1)OCO2)[N+](=O)[O-]. The maximum atomic E-state index is 10.5. The van der Waals surface area contributed by atoms with Gasteiger partial charge in [0.1, 0.15) is 0 Å². The van der Waals surface area contributed by atoms with E-state index in [0.717, 1.165) is 4.47 Å². The third-order valence-corrected chi connectivity index (χ3v) is 2.70. The van der Waals surface area contributed by atoms with Crippen molar-refractivity contribution in [3.63, 3.8) is 0 Å². The van der Waals surface area contributed by atoms with Crippen LogP contribution in [0.4, 0.5) is 0 Å². The van der Waals surface area contributed by atoms with Crippen molar-refractivity contribution in [2.45, 2.75) is 6.92 Å². The summed E-state index contributed by atoms with van der Waals surface area (Å²) in [6.45, 7) is 1.62. The number of benzene rings is 1. The summed E-state index contributed by atoms with van der Waals surface area (Å²) in [6, 6.07) is 3.46. The van der Waals surface area contributed by atoms with E-state index in [0.29, 0.717) is 17.1 Å². The highest BCUT2D eigenvalue weighted by molar-refractivity contribution is 9.10. The van der Waals surface area contributed by atoms with Crippen molar-refractivity contribution in [3.8, 4) is 11.5 Å². The van der Waals surface area contributed by atoms with E-state index in [4.69, 9.17) is 9.47 Å². The van der Waals surface area contributed by atoms with Gasteiger partial charge in [-0.25, -0.2) is 0 Å². The third kappa shape index (κ3) is 2.01. The van der Waals surface area contributed by atoms with Gasteiger partial charge in [0.2, 0.25) is 12.5 Å². The molecule has 0 unspecified atom stereocenters. The highest BCUT2D eigenvalue weighted by Gasteiger charge is 2.17. The highest BCUT2D eigenvalue weighted by Crippen LogP contribution is 2.40. The summed E-state index contributed by atoms with van der Waals surface area (Å²) in [5, 5.41) is 10.5. The predicted molar refractivity (Wildman–Crippen MR) is 60.9 cm³/mol.